The average Bonchev–Trinajstić information content (AvgIpc) is 3.31. The van der Waals surface area contributed by atoms with Gasteiger partial charge in [-0.15, -0.1) is 0 Å². The Kier molecular flexibility index (Phi) is 3.98. The summed E-state index contributed by atoms with van der Waals surface area (Å²) in [7, 11) is 0. The van der Waals surface area contributed by atoms with E-state index in [-0.39, 0.29) is 0 Å². The van der Waals surface area contributed by atoms with Gasteiger partial charge in [-0.25, -0.2) is 4.98 Å². The Morgan fingerprint density at radius 2 is 1.89 bits per heavy atom. The first kappa shape index (κ1) is 16.5. The maximum Gasteiger partial charge on any atom is 0.258 e. The first-order valence-corrected chi connectivity index (χ1v) is 9.99. The predicted octanol–water partition coefficient (Wildman–Crippen LogP) is 4.24. The van der Waals surface area contributed by atoms with Gasteiger partial charge in [0.15, 0.2) is 11.0 Å². The van der Waals surface area contributed by atoms with Crippen molar-refractivity contribution >= 4 is 22.8 Å². The molecule has 7 heteroatoms. The summed E-state index contributed by atoms with van der Waals surface area (Å²) in [5, 5.41) is 5.03. The van der Waals surface area contributed by atoms with Crippen LogP contribution in [0.5, 0.6) is 0 Å². The molecule has 0 aliphatic heterocycles. The second kappa shape index (κ2) is 6.51. The molecule has 0 radical (unpaired) electrons. The first-order valence-electron chi connectivity index (χ1n) is 9.00. The maximum absolute atomic E-state index is 6.32. The summed E-state index contributed by atoms with van der Waals surface area (Å²) in [6, 6.07) is 16.1. The van der Waals surface area contributed by atoms with Crippen molar-refractivity contribution in [3.8, 4) is 11.5 Å². The normalized spacial score (nSPS) is 15.7. The SMILES string of the molecule is NC1(c2noc(-c3ccccc3CSc3nc4ccccc4[nH]3)n2)CCC1. The minimum absolute atomic E-state index is 0.417. The fourth-order valence-corrected chi connectivity index (χ4v) is 4.20. The molecule has 1 aliphatic rings. The van der Waals surface area contributed by atoms with E-state index in [0.29, 0.717) is 11.7 Å². The number of thioether (sulfide) groups is 1. The van der Waals surface area contributed by atoms with E-state index in [1.54, 1.807) is 11.8 Å². The number of hydrogen-bond donors (Lipinski definition) is 2. The lowest BCUT2D eigenvalue weighted by atomic mass is 9.77. The molecule has 5 rings (SSSR count). The molecule has 0 spiro atoms. The number of rotatable bonds is 5. The van der Waals surface area contributed by atoms with Gasteiger partial charge in [0.25, 0.3) is 5.89 Å². The van der Waals surface area contributed by atoms with Gasteiger partial charge in [0.05, 0.1) is 16.6 Å². The number of benzene rings is 2. The van der Waals surface area contributed by atoms with Crippen LogP contribution in [0.25, 0.3) is 22.5 Å². The minimum atomic E-state index is -0.417. The molecular formula is C20H19N5OS. The quantitative estimate of drug-likeness (QED) is 0.505. The highest BCUT2D eigenvalue weighted by atomic mass is 32.2. The number of hydrogen-bond acceptors (Lipinski definition) is 6. The van der Waals surface area contributed by atoms with Gasteiger partial charge in [-0.05, 0) is 43.0 Å². The Morgan fingerprint density at radius 1 is 1.07 bits per heavy atom. The van der Waals surface area contributed by atoms with E-state index in [9.17, 15) is 0 Å². The summed E-state index contributed by atoms with van der Waals surface area (Å²) in [6.45, 7) is 0. The number of nitrogens with zero attached hydrogens (tertiary/aromatic N) is 3. The van der Waals surface area contributed by atoms with Gasteiger partial charge in [0, 0.05) is 11.3 Å². The van der Waals surface area contributed by atoms with E-state index in [1.165, 1.54) is 0 Å². The monoisotopic (exact) mass is 377 g/mol. The van der Waals surface area contributed by atoms with E-state index in [1.807, 2.05) is 42.5 Å². The van der Waals surface area contributed by atoms with Crippen molar-refractivity contribution in [2.24, 2.45) is 5.73 Å². The van der Waals surface area contributed by atoms with Gasteiger partial charge in [-0.2, -0.15) is 4.98 Å². The molecule has 1 aliphatic carbocycles. The zero-order valence-electron chi connectivity index (χ0n) is 14.7. The number of imidazole rings is 1. The third-order valence-electron chi connectivity index (χ3n) is 5.10. The lowest BCUT2D eigenvalue weighted by molar-refractivity contribution is 0.229. The fourth-order valence-electron chi connectivity index (χ4n) is 3.32. The van der Waals surface area contributed by atoms with Gasteiger partial charge in [0.1, 0.15) is 0 Å². The van der Waals surface area contributed by atoms with Crippen LogP contribution in [0.2, 0.25) is 0 Å². The molecular weight excluding hydrogens is 358 g/mol. The summed E-state index contributed by atoms with van der Waals surface area (Å²) in [6.07, 6.45) is 2.94. The molecule has 4 aromatic rings. The summed E-state index contributed by atoms with van der Waals surface area (Å²) in [5.74, 6) is 1.90. The van der Waals surface area contributed by atoms with Crippen LogP contribution >= 0.6 is 11.8 Å². The lowest BCUT2D eigenvalue weighted by Crippen LogP contribution is -2.44. The first-order chi connectivity index (χ1) is 13.2. The topological polar surface area (TPSA) is 93.6 Å². The van der Waals surface area contributed by atoms with Gasteiger partial charge < -0.3 is 15.2 Å². The molecule has 2 heterocycles. The van der Waals surface area contributed by atoms with Crippen molar-refractivity contribution in [3.05, 3.63) is 59.9 Å². The highest BCUT2D eigenvalue weighted by Gasteiger charge is 2.39. The van der Waals surface area contributed by atoms with Crippen LogP contribution in [0.1, 0.15) is 30.7 Å². The zero-order chi connectivity index (χ0) is 18.3. The van der Waals surface area contributed by atoms with Crippen LogP contribution in [-0.4, -0.2) is 20.1 Å². The number of nitrogens with two attached hydrogens (primary N) is 1. The second-order valence-electron chi connectivity index (χ2n) is 6.94. The van der Waals surface area contributed by atoms with Crippen molar-refractivity contribution in [1.29, 1.82) is 0 Å². The smallest absolute Gasteiger partial charge is 0.258 e. The summed E-state index contributed by atoms with van der Waals surface area (Å²) >= 11 is 1.65. The van der Waals surface area contributed by atoms with Crippen molar-refractivity contribution in [1.82, 2.24) is 20.1 Å². The molecule has 0 saturated heterocycles. The van der Waals surface area contributed by atoms with E-state index < -0.39 is 5.54 Å². The van der Waals surface area contributed by atoms with Gasteiger partial charge >= 0.3 is 0 Å². The zero-order valence-corrected chi connectivity index (χ0v) is 15.5. The summed E-state index contributed by atoms with van der Waals surface area (Å²) < 4.78 is 5.54. The largest absolute Gasteiger partial charge is 0.334 e. The van der Waals surface area contributed by atoms with Crippen LogP contribution in [0, 0.1) is 0 Å². The molecule has 136 valence electrons. The number of nitrogens with one attached hydrogen (secondary N) is 1. The molecule has 0 unspecified atom stereocenters. The number of aromatic nitrogens is 4. The highest BCUT2D eigenvalue weighted by Crippen LogP contribution is 2.38. The van der Waals surface area contributed by atoms with Crippen LogP contribution in [0.15, 0.2) is 58.2 Å². The molecule has 2 aromatic carbocycles. The fraction of sp³-hybridized carbons (Fsp3) is 0.250. The molecule has 0 amide bonds. The van der Waals surface area contributed by atoms with Crippen molar-refractivity contribution in [2.45, 2.75) is 35.7 Å². The van der Waals surface area contributed by atoms with Crippen LogP contribution in [0.3, 0.4) is 0 Å². The van der Waals surface area contributed by atoms with Crippen molar-refractivity contribution < 1.29 is 4.52 Å². The average molecular weight is 377 g/mol. The molecule has 0 atom stereocenters. The Labute approximate surface area is 160 Å². The number of para-hydroxylation sites is 2. The molecule has 1 fully saturated rings. The molecule has 2 aromatic heterocycles. The molecule has 1 saturated carbocycles. The highest BCUT2D eigenvalue weighted by molar-refractivity contribution is 7.98. The second-order valence-corrected chi connectivity index (χ2v) is 7.90. The Hall–Kier alpha value is -2.64. The standard InChI is InChI=1S/C20H19N5OS/c21-20(10-5-11-20)18-24-17(26-25-18)14-7-2-1-6-13(14)12-27-19-22-15-8-3-4-9-16(15)23-19/h1-4,6-9H,5,10-12,21H2,(H,22,23). The predicted molar refractivity (Wildman–Crippen MR) is 105 cm³/mol. The molecule has 27 heavy (non-hydrogen) atoms. The van der Waals surface area contributed by atoms with Gasteiger partial charge in [-0.1, -0.05) is 47.3 Å². The summed E-state index contributed by atoms with van der Waals surface area (Å²) in [4.78, 5) is 12.6. The Bertz CT molecular complexity index is 1070. The van der Waals surface area contributed by atoms with E-state index in [4.69, 9.17) is 10.3 Å². The number of aromatic amines is 1. The Balaban J connectivity index is 1.39. The lowest BCUT2D eigenvalue weighted by Gasteiger charge is -2.34. The van der Waals surface area contributed by atoms with E-state index in [0.717, 1.165) is 52.3 Å². The third kappa shape index (κ3) is 3.02. The maximum atomic E-state index is 6.32. The van der Waals surface area contributed by atoms with Crippen molar-refractivity contribution in [3.63, 3.8) is 0 Å². The van der Waals surface area contributed by atoms with Gasteiger partial charge in [0.2, 0.25) is 0 Å². The number of fused-ring (bicyclic) bond motifs is 1. The van der Waals surface area contributed by atoms with Gasteiger partial charge in [-0.3, -0.25) is 0 Å². The molecule has 3 N–H and O–H groups in total. The minimum Gasteiger partial charge on any atom is -0.334 e. The van der Waals surface area contributed by atoms with Crippen LogP contribution in [0.4, 0.5) is 0 Å². The van der Waals surface area contributed by atoms with E-state index in [2.05, 4.69) is 26.2 Å². The van der Waals surface area contributed by atoms with Crippen LogP contribution in [-0.2, 0) is 11.3 Å². The van der Waals surface area contributed by atoms with Crippen LogP contribution < -0.4 is 5.73 Å². The Morgan fingerprint density at radius 3 is 2.70 bits per heavy atom. The van der Waals surface area contributed by atoms with E-state index >= 15 is 0 Å². The molecule has 0 bridgehead atoms. The van der Waals surface area contributed by atoms with Crippen molar-refractivity contribution in [2.75, 3.05) is 0 Å². The number of H-pyrrole nitrogens is 1. The third-order valence-corrected chi connectivity index (χ3v) is 6.02. The molecule has 6 nitrogen and oxygen atoms in total. The summed E-state index contributed by atoms with van der Waals surface area (Å²) in [5.41, 5.74) is 10.00.